The molecular weight excluding hydrogens is 220 g/mol. The topological polar surface area (TPSA) is 72.0 Å². The minimum Gasteiger partial charge on any atom is -0.456 e. The fourth-order valence-electron chi connectivity index (χ4n) is 1.74. The highest BCUT2D eigenvalue weighted by Crippen LogP contribution is 2.22. The molecule has 5 heteroatoms. The van der Waals surface area contributed by atoms with E-state index in [1.807, 2.05) is 0 Å². The number of carbonyl (C=O) groups is 1. The van der Waals surface area contributed by atoms with E-state index in [1.165, 1.54) is 13.0 Å². The van der Waals surface area contributed by atoms with Gasteiger partial charge in [0, 0.05) is 24.6 Å². The molecule has 5 nitrogen and oxygen atoms in total. The number of ether oxygens (including phenoxy) is 1. The normalized spacial score (nSPS) is 12.4. The summed E-state index contributed by atoms with van der Waals surface area (Å²) in [6.07, 6.45) is 1.13. The van der Waals surface area contributed by atoms with Crippen LogP contribution in [0.4, 0.5) is 0 Å². The average molecular weight is 232 g/mol. The minimum atomic E-state index is -0.442. The number of fused-ring (bicyclic) bond motifs is 1. The highest BCUT2D eigenvalue weighted by molar-refractivity contribution is 5.81. The Kier molecular flexibility index (Phi) is 2.91. The highest BCUT2D eigenvalue weighted by atomic mass is 16.5. The third-order valence-corrected chi connectivity index (χ3v) is 2.41. The van der Waals surface area contributed by atoms with Crippen LogP contribution in [-0.4, -0.2) is 15.9 Å². The Bertz CT molecular complexity index is 618. The molecule has 1 atom stereocenters. The smallest absolute Gasteiger partial charge is 0.303 e. The number of aromatic amines is 1. The van der Waals surface area contributed by atoms with Gasteiger partial charge >= 0.3 is 5.97 Å². The summed E-state index contributed by atoms with van der Waals surface area (Å²) in [4.78, 5) is 29.0. The molecule has 0 aromatic carbocycles. The van der Waals surface area contributed by atoms with E-state index >= 15 is 0 Å². The van der Waals surface area contributed by atoms with E-state index < -0.39 is 6.10 Å². The Hall–Kier alpha value is -2.17. The van der Waals surface area contributed by atoms with E-state index in [0.717, 1.165) is 5.39 Å². The summed E-state index contributed by atoms with van der Waals surface area (Å²) >= 11 is 0. The van der Waals surface area contributed by atoms with E-state index in [-0.39, 0.29) is 11.5 Å². The molecule has 0 saturated carbocycles. The van der Waals surface area contributed by atoms with Crippen molar-refractivity contribution >= 4 is 16.9 Å². The maximum atomic E-state index is 11.2. The molecule has 2 heterocycles. The predicted octanol–water partition coefficient (Wildman–Crippen LogP) is 1.55. The van der Waals surface area contributed by atoms with Crippen molar-refractivity contribution in [1.82, 2.24) is 9.97 Å². The van der Waals surface area contributed by atoms with Gasteiger partial charge < -0.3 is 9.72 Å². The molecule has 2 rings (SSSR count). The van der Waals surface area contributed by atoms with Crippen molar-refractivity contribution in [3.05, 3.63) is 40.4 Å². The number of esters is 1. The van der Waals surface area contributed by atoms with Crippen LogP contribution in [0.15, 0.2) is 29.2 Å². The van der Waals surface area contributed by atoms with Crippen LogP contribution in [0.2, 0.25) is 0 Å². The van der Waals surface area contributed by atoms with Crippen molar-refractivity contribution in [2.75, 3.05) is 0 Å². The molecule has 0 radical (unpaired) electrons. The van der Waals surface area contributed by atoms with E-state index in [1.54, 1.807) is 25.3 Å². The van der Waals surface area contributed by atoms with Gasteiger partial charge in [0.15, 0.2) is 0 Å². The summed E-state index contributed by atoms with van der Waals surface area (Å²) in [7, 11) is 0. The number of nitrogens with zero attached hydrogens (tertiary/aromatic N) is 1. The number of hydrogen-bond donors (Lipinski definition) is 1. The maximum absolute atomic E-state index is 11.2. The Morgan fingerprint density at radius 1 is 1.41 bits per heavy atom. The molecule has 0 spiro atoms. The zero-order valence-corrected chi connectivity index (χ0v) is 9.56. The number of rotatable bonds is 2. The van der Waals surface area contributed by atoms with Gasteiger partial charge in [0.25, 0.3) is 0 Å². The molecule has 2 aromatic rings. The Morgan fingerprint density at radius 2 is 2.18 bits per heavy atom. The fraction of sp³-hybridized carbons (Fsp3) is 0.250. The van der Waals surface area contributed by atoms with Gasteiger partial charge in [-0.25, -0.2) is 0 Å². The summed E-state index contributed by atoms with van der Waals surface area (Å²) < 4.78 is 5.08. The van der Waals surface area contributed by atoms with Gasteiger partial charge in [-0.3, -0.25) is 14.6 Å². The molecule has 0 bridgehead atoms. The molecule has 2 aromatic heterocycles. The lowest BCUT2D eigenvalue weighted by molar-refractivity contribution is -0.145. The first-order valence-corrected chi connectivity index (χ1v) is 5.23. The first-order chi connectivity index (χ1) is 8.08. The largest absolute Gasteiger partial charge is 0.456 e. The fourth-order valence-corrected chi connectivity index (χ4v) is 1.74. The lowest BCUT2D eigenvalue weighted by Gasteiger charge is -2.13. The second-order valence-corrected chi connectivity index (χ2v) is 3.73. The van der Waals surface area contributed by atoms with E-state index in [0.29, 0.717) is 11.2 Å². The summed E-state index contributed by atoms with van der Waals surface area (Å²) in [6, 6.07) is 4.81. The van der Waals surface area contributed by atoms with Crippen LogP contribution in [0, 0.1) is 0 Å². The predicted molar refractivity (Wildman–Crippen MR) is 62.5 cm³/mol. The Morgan fingerprint density at radius 3 is 2.88 bits per heavy atom. The van der Waals surface area contributed by atoms with Gasteiger partial charge in [-0.2, -0.15) is 0 Å². The standard InChI is InChI=1S/C12H12N2O3/c1-7(17-8(2)15)12-9-3-4-11(16)14-10(9)5-6-13-12/h3-7H,1-2H3,(H,14,16). The lowest BCUT2D eigenvalue weighted by atomic mass is 10.1. The molecule has 1 unspecified atom stereocenters. The van der Waals surface area contributed by atoms with Crippen LogP contribution in [0.1, 0.15) is 25.6 Å². The van der Waals surface area contributed by atoms with Crippen LogP contribution in [0.3, 0.4) is 0 Å². The minimum absolute atomic E-state index is 0.171. The summed E-state index contributed by atoms with van der Waals surface area (Å²) in [5.74, 6) is -0.360. The number of pyridine rings is 2. The number of aromatic nitrogens is 2. The molecule has 0 aliphatic rings. The molecule has 0 amide bonds. The van der Waals surface area contributed by atoms with Crippen molar-refractivity contribution in [1.29, 1.82) is 0 Å². The number of hydrogen-bond acceptors (Lipinski definition) is 4. The highest BCUT2D eigenvalue weighted by Gasteiger charge is 2.13. The number of nitrogens with one attached hydrogen (secondary N) is 1. The maximum Gasteiger partial charge on any atom is 0.303 e. The second kappa shape index (κ2) is 4.37. The zero-order chi connectivity index (χ0) is 12.4. The van der Waals surface area contributed by atoms with Gasteiger partial charge in [0.05, 0.1) is 11.2 Å². The quantitative estimate of drug-likeness (QED) is 0.797. The number of carbonyl (C=O) groups excluding carboxylic acids is 1. The van der Waals surface area contributed by atoms with Crippen LogP contribution < -0.4 is 5.56 Å². The van der Waals surface area contributed by atoms with Crippen molar-refractivity contribution < 1.29 is 9.53 Å². The summed E-state index contributed by atoms with van der Waals surface area (Å²) in [5, 5.41) is 0.779. The molecule has 0 aliphatic heterocycles. The molecular formula is C12H12N2O3. The van der Waals surface area contributed by atoms with E-state index in [9.17, 15) is 9.59 Å². The SMILES string of the molecule is CC(=O)OC(C)c1nccc2[nH]c(=O)ccc12. The Balaban J connectivity index is 2.54. The van der Waals surface area contributed by atoms with E-state index in [2.05, 4.69) is 9.97 Å². The second-order valence-electron chi connectivity index (χ2n) is 3.73. The Labute approximate surface area is 97.4 Å². The van der Waals surface area contributed by atoms with Crippen LogP contribution in [-0.2, 0) is 9.53 Å². The van der Waals surface area contributed by atoms with E-state index in [4.69, 9.17) is 4.74 Å². The molecule has 0 aliphatic carbocycles. The van der Waals surface area contributed by atoms with Gasteiger partial charge in [-0.1, -0.05) is 0 Å². The molecule has 17 heavy (non-hydrogen) atoms. The average Bonchev–Trinajstić information content (AvgIpc) is 2.26. The summed E-state index contributed by atoms with van der Waals surface area (Å²) in [5.41, 5.74) is 1.14. The molecule has 88 valence electrons. The van der Waals surface area contributed by atoms with Crippen molar-refractivity contribution in [2.45, 2.75) is 20.0 Å². The third-order valence-electron chi connectivity index (χ3n) is 2.41. The van der Waals surface area contributed by atoms with Crippen molar-refractivity contribution in [3.8, 4) is 0 Å². The summed E-state index contributed by atoms with van der Waals surface area (Å²) in [6.45, 7) is 3.10. The van der Waals surface area contributed by atoms with Crippen molar-refractivity contribution in [3.63, 3.8) is 0 Å². The van der Waals surface area contributed by atoms with Crippen molar-refractivity contribution in [2.24, 2.45) is 0 Å². The van der Waals surface area contributed by atoms with Gasteiger partial charge in [-0.15, -0.1) is 0 Å². The molecule has 0 fully saturated rings. The van der Waals surface area contributed by atoms with Gasteiger partial charge in [-0.05, 0) is 19.1 Å². The zero-order valence-electron chi connectivity index (χ0n) is 9.56. The van der Waals surface area contributed by atoms with Gasteiger partial charge in [0.2, 0.25) is 5.56 Å². The first-order valence-electron chi connectivity index (χ1n) is 5.23. The number of H-pyrrole nitrogens is 1. The van der Waals surface area contributed by atoms with Crippen LogP contribution in [0.5, 0.6) is 0 Å². The van der Waals surface area contributed by atoms with Gasteiger partial charge in [0.1, 0.15) is 6.10 Å². The van der Waals surface area contributed by atoms with Crippen LogP contribution in [0.25, 0.3) is 10.9 Å². The molecule has 1 N–H and O–H groups in total. The monoisotopic (exact) mass is 232 g/mol. The first kappa shape index (κ1) is 11.3. The lowest BCUT2D eigenvalue weighted by Crippen LogP contribution is -2.09. The van der Waals surface area contributed by atoms with Crippen LogP contribution >= 0.6 is 0 Å². The molecule has 0 saturated heterocycles. The third kappa shape index (κ3) is 2.33.